The van der Waals surface area contributed by atoms with Gasteiger partial charge in [0.25, 0.3) is 0 Å². The molecule has 0 radical (unpaired) electrons. The molecule has 2 nitrogen and oxygen atoms in total. The van der Waals surface area contributed by atoms with Crippen molar-refractivity contribution in [1.29, 1.82) is 0 Å². The maximum atomic E-state index is 12.9. The van der Waals surface area contributed by atoms with Crippen molar-refractivity contribution in [2.24, 2.45) is 0 Å². The molecule has 116 valence electrons. The molecule has 0 spiro atoms. The number of fused-ring (bicyclic) bond motifs is 2. The Morgan fingerprint density at radius 3 is 2.39 bits per heavy atom. The first kappa shape index (κ1) is 14.4. The summed E-state index contributed by atoms with van der Waals surface area (Å²) in [7, 11) is 0. The van der Waals surface area contributed by atoms with E-state index in [1.54, 1.807) is 0 Å². The van der Waals surface area contributed by atoms with Crippen LogP contribution in [-0.2, 0) is 11.3 Å². The predicted molar refractivity (Wildman–Crippen MR) is 92.8 cm³/mol. The fourth-order valence-corrected chi connectivity index (χ4v) is 3.92. The van der Waals surface area contributed by atoms with Gasteiger partial charge in [0.15, 0.2) is 5.78 Å². The van der Waals surface area contributed by atoms with E-state index in [0.717, 1.165) is 36.9 Å². The standard InChI is InChI=1S/C21H21NO/c23-21-18(13-16-7-3-1-4-8-16)14-19-11-12-20(21)22(19)15-17-9-5-2-6-10-17/h1-10,13,19-20H,11-12,14-15H2/b18-13-. The highest BCUT2D eigenvalue weighted by Crippen LogP contribution is 2.37. The zero-order valence-corrected chi connectivity index (χ0v) is 13.2. The summed E-state index contributed by atoms with van der Waals surface area (Å²) >= 11 is 0. The maximum Gasteiger partial charge on any atom is 0.176 e. The molecule has 4 rings (SSSR count). The van der Waals surface area contributed by atoms with E-state index in [0.29, 0.717) is 11.8 Å². The van der Waals surface area contributed by atoms with Gasteiger partial charge in [-0.05, 0) is 42.0 Å². The third-order valence-electron chi connectivity index (χ3n) is 5.07. The second kappa shape index (κ2) is 6.13. The lowest BCUT2D eigenvalue weighted by Crippen LogP contribution is -2.45. The Hall–Kier alpha value is -2.19. The molecule has 2 heteroatoms. The quantitative estimate of drug-likeness (QED) is 0.796. The number of hydrogen-bond donors (Lipinski definition) is 0. The van der Waals surface area contributed by atoms with E-state index in [9.17, 15) is 4.79 Å². The minimum Gasteiger partial charge on any atom is -0.293 e. The van der Waals surface area contributed by atoms with E-state index >= 15 is 0 Å². The highest BCUT2D eigenvalue weighted by Gasteiger charge is 2.43. The van der Waals surface area contributed by atoms with Crippen molar-refractivity contribution in [2.45, 2.75) is 37.9 Å². The second-order valence-corrected chi connectivity index (χ2v) is 6.55. The molecule has 2 atom stereocenters. The smallest absolute Gasteiger partial charge is 0.176 e. The van der Waals surface area contributed by atoms with Gasteiger partial charge in [-0.2, -0.15) is 0 Å². The van der Waals surface area contributed by atoms with Gasteiger partial charge in [-0.25, -0.2) is 0 Å². The van der Waals surface area contributed by atoms with Gasteiger partial charge in [-0.15, -0.1) is 0 Å². The third kappa shape index (κ3) is 2.87. The van der Waals surface area contributed by atoms with Crippen LogP contribution in [0, 0.1) is 0 Å². The first-order valence-corrected chi connectivity index (χ1v) is 8.41. The zero-order valence-electron chi connectivity index (χ0n) is 13.2. The summed E-state index contributed by atoms with van der Waals surface area (Å²) in [4.78, 5) is 15.3. The second-order valence-electron chi connectivity index (χ2n) is 6.55. The van der Waals surface area contributed by atoms with Crippen LogP contribution < -0.4 is 0 Å². The van der Waals surface area contributed by atoms with Gasteiger partial charge in [-0.3, -0.25) is 9.69 Å². The molecule has 2 unspecified atom stereocenters. The fourth-order valence-electron chi connectivity index (χ4n) is 3.92. The van der Waals surface area contributed by atoms with Crippen molar-refractivity contribution in [3.05, 3.63) is 77.4 Å². The van der Waals surface area contributed by atoms with E-state index in [2.05, 4.69) is 47.4 Å². The summed E-state index contributed by atoms with van der Waals surface area (Å²) in [6, 6.07) is 21.3. The van der Waals surface area contributed by atoms with Crippen LogP contribution in [0.1, 0.15) is 30.4 Å². The molecule has 0 aliphatic carbocycles. The summed E-state index contributed by atoms with van der Waals surface area (Å²) in [6.45, 7) is 0.889. The molecule has 23 heavy (non-hydrogen) atoms. The lowest BCUT2D eigenvalue weighted by Gasteiger charge is -2.35. The number of rotatable bonds is 3. The Balaban J connectivity index is 1.56. The van der Waals surface area contributed by atoms with Gasteiger partial charge < -0.3 is 0 Å². The first-order valence-electron chi connectivity index (χ1n) is 8.41. The Morgan fingerprint density at radius 1 is 0.957 bits per heavy atom. The van der Waals surface area contributed by atoms with E-state index in [-0.39, 0.29) is 6.04 Å². The molecule has 2 aliphatic heterocycles. The first-order chi connectivity index (χ1) is 11.3. The molecule has 2 bridgehead atoms. The molecule has 0 amide bonds. The summed E-state index contributed by atoms with van der Waals surface area (Å²) in [5.74, 6) is 0.332. The molecule has 2 fully saturated rings. The fraction of sp³-hybridized carbons (Fsp3) is 0.286. The Morgan fingerprint density at radius 2 is 1.65 bits per heavy atom. The van der Waals surface area contributed by atoms with Gasteiger partial charge in [0.2, 0.25) is 0 Å². The average Bonchev–Trinajstić information content (AvgIpc) is 2.90. The summed E-state index contributed by atoms with van der Waals surface area (Å²) in [5, 5.41) is 0. The van der Waals surface area contributed by atoms with Gasteiger partial charge in [0, 0.05) is 12.6 Å². The molecule has 2 aromatic carbocycles. The van der Waals surface area contributed by atoms with E-state index in [4.69, 9.17) is 0 Å². The molecule has 2 heterocycles. The summed E-state index contributed by atoms with van der Waals surface area (Å²) in [6.07, 6.45) is 5.11. The van der Waals surface area contributed by atoms with Crippen molar-refractivity contribution in [2.75, 3.05) is 0 Å². The number of carbonyl (C=O) groups excluding carboxylic acids is 1. The number of benzene rings is 2. The van der Waals surface area contributed by atoms with Gasteiger partial charge in [0.1, 0.15) is 0 Å². The molecular weight excluding hydrogens is 282 g/mol. The van der Waals surface area contributed by atoms with E-state index in [1.165, 1.54) is 5.56 Å². The van der Waals surface area contributed by atoms with Crippen molar-refractivity contribution >= 4 is 11.9 Å². The Bertz CT molecular complexity index is 720. The van der Waals surface area contributed by atoms with Crippen LogP contribution in [0.15, 0.2) is 66.2 Å². The number of carbonyl (C=O) groups is 1. The topological polar surface area (TPSA) is 20.3 Å². The number of hydrogen-bond acceptors (Lipinski definition) is 2. The monoisotopic (exact) mass is 303 g/mol. The molecule has 2 aliphatic rings. The van der Waals surface area contributed by atoms with Crippen molar-refractivity contribution in [3.8, 4) is 0 Å². The average molecular weight is 303 g/mol. The Kier molecular flexibility index (Phi) is 3.84. The minimum absolute atomic E-state index is 0.0731. The number of ketones is 1. The molecular formula is C21H21NO. The van der Waals surface area contributed by atoms with Crippen molar-refractivity contribution in [1.82, 2.24) is 4.90 Å². The lowest BCUT2D eigenvalue weighted by atomic mass is 9.93. The summed E-state index contributed by atoms with van der Waals surface area (Å²) < 4.78 is 0. The summed E-state index contributed by atoms with van der Waals surface area (Å²) in [5.41, 5.74) is 3.44. The van der Waals surface area contributed by atoms with Crippen LogP contribution in [0.3, 0.4) is 0 Å². The van der Waals surface area contributed by atoms with Crippen LogP contribution in [0.2, 0.25) is 0 Å². The Labute approximate surface area is 137 Å². The van der Waals surface area contributed by atoms with Crippen LogP contribution in [-0.4, -0.2) is 22.8 Å². The largest absolute Gasteiger partial charge is 0.293 e. The normalized spacial score (nSPS) is 25.9. The van der Waals surface area contributed by atoms with Crippen LogP contribution in [0.25, 0.3) is 6.08 Å². The van der Waals surface area contributed by atoms with Gasteiger partial charge >= 0.3 is 0 Å². The highest BCUT2D eigenvalue weighted by atomic mass is 16.1. The predicted octanol–water partition coefficient (Wildman–Crippen LogP) is 4.08. The molecule has 0 saturated carbocycles. The molecule has 0 N–H and O–H groups in total. The highest BCUT2D eigenvalue weighted by molar-refractivity contribution is 6.04. The zero-order chi connectivity index (χ0) is 15.6. The van der Waals surface area contributed by atoms with Gasteiger partial charge in [-0.1, -0.05) is 60.7 Å². The number of nitrogens with zero attached hydrogens (tertiary/aromatic N) is 1. The van der Waals surface area contributed by atoms with Crippen molar-refractivity contribution < 1.29 is 4.79 Å². The molecule has 2 aromatic rings. The lowest BCUT2D eigenvalue weighted by molar-refractivity contribution is -0.122. The van der Waals surface area contributed by atoms with Gasteiger partial charge in [0.05, 0.1) is 6.04 Å². The van der Waals surface area contributed by atoms with Crippen molar-refractivity contribution in [3.63, 3.8) is 0 Å². The SMILES string of the molecule is O=C1/C(=C\c2ccccc2)CC2CCC1N2Cc1ccccc1. The number of Topliss-reactive ketones (excluding diaryl/α,β-unsaturated/α-hetero) is 1. The third-order valence-corrected chi connectivity index (χ3v) is 5.07. The van der Waals surface area contributed by atoms with Crippen LogP contribution in [0.4, 0.5) is 0 Å². The number of piperidine rings is 1. The molecule has 0 aromatic heterocycles. The van der Waals surface area contributed by atoms with Crippen LogP contribution in [0.5, 0.6) is 0 Å². The maximum absolute atomic E-state index is 12.9. The minimum atomic E-state index is 0.0731. The van der Waals surface area contributed by atoms with E-state index < -0.39 is 0 Å². The van der Waals surface area contributed by atoms with E-state index in [1.807, 2.05) is 24.3 Å². The molecule has 2 saturated heterocycles. The van der Waals surface area contributed by atoms with Crippen LogP contribution >= 0.6 is 0 Å².